The zero-order valence-corrected chi connectivity index (χ0v) is 10.6. The highest BCUT2D eigenvalue weighted by Gasteiger charge is 2.22. The largest absolute Gasteiger partial charge is 0.297 e. The number of benzene rings is 1. The van der Waals surface area contributed by atoms with Gasteiger partial charge in [0.25, 0.3) is 0 Å². The zero-order chi connectivity index (χ0) is 13.2. The highest BCUT2D eigenvalue weighted by Crippen LogP contribution is 2.15. The molecule has 18 heavy (non-hydrogen) atoms. The van der Waals surface area contributed by atoms with Crippen LogP contribution in [-0.2, 0) is 16.4 Å². The summed E-state index contributed by atoms with van der Waals surface area (Å²) >= 11 is 0. The van der Waals surface area contributed by atoms with Crippen LogP contribution < -0.4 is 0 Å². The second kappa shape index (κ2) is 5.04. The number of halogens is 1. The van der Waals surface area contributed by atoms with Gasteiger partial charge in [-0.05, 0) is 6.07 Å². The lowest BCUT2D eigenvalue weighted by Crippen LogP contribution is -2.39. The van der Waals surface area contributed by atoms with Crippen molar-refractivity contribution in [2.24, 2.45) is 0 Å². The fourth-order valence-electron chi connectivity index (χ4n) is 1.94. The van der Waals surface area contributed by atoms with E-state index in [1.54, 1.807) is 18.2 Å². The molecule has 0 aromatic heterocycles. The molecule has 1 fully saturated rings. The minimum atomic E-state index is -2.92. The van der Waals surface area contributed by atoms with Crippen molar-refractivity contribution in [2.75, 3.05) is 24.6 Å². The van der Waals surface area contributed by atoms with Crippen molar-refractivity contribution >= 4 is 9.84 Å². The van der Waals surface area contributed by atoms with Crippen molar-refractivity contribution in [3.8, 4) is 6.07 Å². The molecule has 6 heteroatoms. The van der Waals surface area contributed by atoms with Gasteiger partial charge >= 0.3 is 0 Å². The molecule has 0 amide bonds. The molecule has 1 heterocycles. The molecule has 0 atom stereocenters. The van der Waals surface area contributed by atoms with Crippen LogP contribution in [0.3, 0.4) is 0 Å². The van der Waals surface area contributed by atoms with Crippen molar-refractivity contribution in [2.45, 2.75) is 6.54 Å². The number of nitrogens with zero attached hydrogens (tertiary/aromatic N) is 2. The Balaban J connectivity index is 2.10. The molecule has 1 aromatic carbocycles. The fourth-order valence-corrected chi connectivity index (χ4v) is 3.21. The second-order valence-electron chi connectivity index (χ2n) is 4.32. The molecule has 0 saturated carbocycles. The van der Waals surface area contributed by atoms with Gasteiger partial charge in [-0.15, -0.1) is 0 Å². The third-order valence-electron chi connectivity index (χ3n) is 3.03. The number of nitriles is 1. The molecule has 1 saturated heterocycles. The Hall–Kier alpha value is -1.45. The summed E-state index contributed by atoms with van der Waals surface area (Å²) in [7, 11) is -2.92. The van der Waals surface area contributed by atoms with E-state index >= 15 is 0 Å². The minimum absolute atomic E-state index is 0.0251. The van der Waals surface area contributed by atoms with Crippen molar-refractivity contribution in [1.82, 2.24) is 4.90 Å². The highest BCUT2D eigenvalue weighted by molar-refractivity contribution is 7.91. The zero-order valence-electron chi connectivity index (χ0n) is 9.76. The van der Waals surface area contributed by atoms with Gasteiger partial charge in [0.05, 0.1) is 17.1 Å². The predicted octanol–water partition coefficient (Wildman–Crippen LogP) is 0.928. The normalized spacial score (nSPS) is 19.3. The predicted molar refractivity (Wildman–Crippen MR) is 65.0 cm³/mol. The molecular weight excluding hydrogens is 255 g/mol. The smallest absolute Gasteiger partial charge is 0.152 e. The Morgan fingerprint density at radius 1 is 1.33 bits per heavy atom. The maximum Gasteiger partial charge on any atom is 0.152 e. The molecule has 1 aromatic rings. The summed E-state index contributed by atoms with van der Waals surface area (Å²) in [5.41, 5.74) is 0.463. The summed E-state index contributed by atoms with van der Waals surface area (Å²) in [4.78, 5) is 1.89. The van der Waals surface area contributed by atoms with Crippen LogP contribution in [0, 0.1) is 17.1 Å². The van der Waals surface area contributed by atoms with Crippen LogP contribution in [0.15, 0.2) is 18.2 Å². The summed E-state index contributed by atoms with van der Waals surface area (Å²) in [5, 5.41) is 8.73. The van der Waals surface area contributed by atoms with Gasteiger partial charge in [0.15, 0.2) is 9.84 Å². The first-order valence-electron chi connectivity index (χ1n) is 5.62. The van der Waals surface area contributed by atoms with E-state index in [1.165, 1.54) is 6.07 Å². The third-order valence-corrected chi connectivity index (χ3v) is 4.64. The summed E-state index contributed by atoms with van der Waals surface area (Å²) in [6, 6.07) is 6.49. The fraction of sp³-hybridized carbons (Fsp3) is 0.417. The Morgan fingerprint density at radius 2 is 2.00 bits per heavy atom. The maximum atomic E-state index is 13.8. The molecule has 2 rings (SSSR count). The average molecular weight is 268 g/mol. The molecule has 4 nitrogen and oxygen atoms in total. The molecule has 96 valence electrons. The van der Waals surface area contributed by atoms with Crippen LogP contribution in [0.2, 0.25) is 0 Å². The van der Waals surface area contributed by atoms with E-state index < -0.39 is 15.7 Å². The minimum Gasteiger partial charge on any atom is -0.297 e. The third kappa shape index (κ3) is 2.86. The Morgan fingerprint density at radius 3 is 2.61 bits per heavy atom. The van der Waals surface area contributed by atoms with E-state index in [4.69, 9.17) is 5.26 Å². The Bertz CT molecular complexity index is 579. The summed E-state index contributed by atoms with van der Waals surface area (Å²) in [6.45, 7) is 1.17. The van der Waals surface area contributed by atoms with E-state index in [-0.39, 0.29) is 17.1 Å². The number of sulfone groups is 1. The van der Waals surface area contributed by atoms with Crippen molar-refractivity contribution < 1.29 is 12.8 Å². The molecule has 1 aliphatic rings. The lowest BCUT2D eigenvalue weighted by Gasteiger charge is -2.26. The standard InChI is InChI=1S/C12H13FN2O2S/c13-12-10(8-14)2-1-3-11(12)9-15-4-6-18(16,17)7-5-15/h1-3H,4-7,9H2. The van der Waals surface area contributed by atoms with Crippen molar-refractivity contribution in [3.05, 3.63) is 35.1 Å². The van der Waals surface area contributed by atoms with Crippen LogP contribution in [0.1, 0.15) is 11.1 Å². The van der Waals surface area contributed by atoms with Crippen molar-refractivity contribution in [3.63, 3.8) is 0 Å². The lowest BCUT2D eigenvalue weighted by molar-refractivity contribution is 0.283. The SMILES string of the molecule is N#Cc1cccc(CN2CCS(=O)(=O)CC2)c1F. The average Bonchev–Trinajstić information content (AvgIpc) is 2.34. The van der Waals surface area contributed by atoms with Gasteiger partial charge in [-0.2, -0.15) is 5.26 Å². The molecule has 1 aliphatic heterocycles. The van der Waals surface area contributed by atoms with Crippen LogP contribution >= 0.6 is 0 Å². The van der Waals surface area contributed by atoms with E-state index in [0.717, 1.165) is 0 Å². The summed E-state index contributed by atoms with van der Waals surface area (Å²) in [5.74, 6) is -0.271. The van der Waals surface area contributed by atoms with Gasteiger partial charge in [0.1, 0.15) is 11.9 Å². The highest BCUT2D eigenvalue weighted by atomic mass is 32.2. The van der Waals surface area contributed by atoms with Crippen LogP contribution in [0.4, 0.5) is 4.39 Å². The molecule has 0 spiro atoms. The maximum absolute atomic E-state index is 13.8. The van der Waals surface area contributed by atoms with Gasteiger partial charge in [-0.3, -0.25) is 4.90 Å². The molecule has 0 radical (unpaired) electrons. The Labute approximate surface area is 106 Å². The number of hydrogen-bond donors (Lipinski definition) is 0. The molecule has 0 aliphatic carbocycles. The first-order chi connectivity index (χ1) is 8.52. The van der Waals surface area contributed by atoms with Crippen LogP contribution in [0.25, 0.3) is 0 Å². The van der Waals surface area contributed by atoms with E-state index in [2.05, 4.69) is 0 Å². The summed E-state index contributed by atoms with van der Waals surface area (Å²) < 4.78 is 36.4. The summed E-state index contributed by atoms with van der Waals surface area (Å²) in [6.07, 6.45) is 0. The van der Waals surface area contributed by atoms with Gasteiger partial charge < -0.3 is 0 Å². The van der Waals surface area contributed by atoms with E-state index in [0.29, 0.717) is 25.2 Å². The number of hydrogen-bond acceptors (Lipinski definition) is 4. The molecule has 0 bridgehead atoms. The molecular formula is C12H13FN2O2S. The first-order valence-corrected chi connectivity index (χ1v) is 7.44. The van der Waals surface area contributed by atoms with Crippen LogP contribution in [-0.4, -0.2) is 37.9 Å². The van der Waals surface area contributed by atoms with Gasteiger partial charge in [-0.1, -0.05) is 12.1 Å². The molecule has 0 N–H and O–H groups in total. The van der Waals surface area contributed by atoms with E-state index in [1.807, 2.05) is 4.90 Å². The molecule has 0 unspecified atom stereocenters. The second-order valence-corrected chi connectivity index (χ2v) is 6.62. The van der Waals surface area contributed by atoms with E-state index in [9.17, 15) is 12.8 Å². The van der Waals surface area contributed by atoms with Crippen molar-refractivity contribution in [1.29, 1.82) is 5.26 Å². The Kier molecular flexibility index (Phi) is 3.64. The number of rotatable bonds is 2. The van der Waals surface area contributed by atoms with Gasteiger partial charge in [-0.25, -0.2) is 12.8 Å². The van der Waals surface area contributed by atoms with Gasteiger partial charge in [0.2, 0.25) is 0 Å². The van der Waals surface area contributed by atoms with Gasteiger partial charge in [0, 0.05) is 25.2 Å². The monoisotopic (exact) mass is 268 g/mol. The topological polar surface area (TPSA) is 61.2 Å². The quantitative estimate of drug-likeness (QED) is 0.800. The first kappa shape index (κ1) is 13.0. The lowest BCUT2D eigenvalue weighted by atomic mass is 10.1. The van der Waals surface area contributed by atoms with Crippen LogP contribution in [0.5, 0.6) is 0 Å².